The number of fused-ring (bicyclic) bond motifs is 1. The van der Waals surface area contributed by atoms with Gasteiger partial charge in [0.2, 0.25) is 0 Å². The molecule has 3 atom stereocenters. The predicted molar refractivity (Wildman–Crippen MR) is 96.5 cm³/mol. The molecule has 2 fully saturated rings. The molecule has 4 heteroatoms. The van der Waals surface area contributed by atoms with Gasteiger partial charge in [-0.15, -0.1) is 0 Å². The highest BCUT2D eigenvalue weighted by Crippen LogP contribution is 2.27. The highest BCUT2D eigenvalue weighted by atomic mass is 16.6. The fourth-order valence-electron chi connectivity index (χ4n) is 3.71. The summed E-state index contributed by atoms with van der Waals surface area (Å²) in [5, 5.41) is 3.15. The maximum Gasteiger partial charge on any atom is 0.251 e. The first-order chi connectivity index (χ1) is 12.3. The molecule has 1 aliphatic carbocycles. The third kappa shape index (κ3) is 3.75. The van der Waals surface area contributed by atoms with Gasteiger partial charge in [-0.05, 0) is 42.5 Å². The molecule has 25 heavy (non-hydrogen) atoms. The van der Waals surface area contributed by atoms with Gasteiger partial charge in [-0.1, -0.05) is 42.5 Å². The second-order valence-electron chi connectivity index (χ2n) is 6.75. The Kier molecular flexibility index (Phi) is 4.81. The van der Waals surface area contributed by atoms with Gasteiger partial charge in [-0.3, -0.25) is 4.79 Å². The summed E-state index contributed by atoms with van der Waals surface area (Å²) in [5.41, 5.74) is 2.97. The Labute approximate surface area is 148 Å². The highest BCUT2D eigenvalue weighted by molar-refractivity contribution is 5.94. The molecule has 0 aromatic heterocycles. The zero-order chi connectivity index (χ0) is 17.1. The Bertz CT molecular complexity index is 714. The topological polar surface area (TPSA) is 47.6 Å². The molecule has 1 amide bonds. The molecule has 1 heterocycles. The zero-order valence-corrected chi connectivity index (χ0v) is 14.2. The highest BCUT2D eigenvalue weighted by Gasteiger charge is 2.34. The normalized spacial score (nSPS) is 25.8. The van der Waals surface area contributed by atoms with E-state index in [0.717, 1.165) is 30.4 Å². The van der Waals surface area contributed by atoms with Crippen molar-refractivity contribution < 1.29 is 14.3 Å². The Hall–Kier alpha value is -2.17. The van der Waals surface area contributed by atoms with Crippen LogP contribution in [0.4, 0.5) is 0 Å². The number of hydrogen-bond acceptors (Lipinski definition) is 3. The van der Waals surface area contributed by atoms with Crippen molar-refractivity contribution in [2.24, 2.45) is 0 Å². The maximum absolute atomic E-state index is 12.5. The maximum atomic E-state index is 12.5. The number of carbonyl (C=O) groups excluding carboxylic acids is 1. The number of rotatable bonds is 3. The average Bonchev–Trinajstić information content (AvgIpc) is 2.69. The lowest BCUT2D eigenvalue weighted by Crippen LogP contribution is -2.49. The first kappa shape index (κ1) is 16.3. The molecule has 0 bridgehead atoms. The fraction of sp³-hybridized carbons (Fsp3) is 0.381. The van der Waals surface area contributed by atoms with E-state index in [9.17, 15) is 4.79 Å². The zero-order valence-electron chi connectivity index (χ0n) is 14.2. The van der Waals surface area contributed by atoms with Gasteiger partial charge >= 0.3 is 0 Å². The van der Waals surface area contributed by atoms with E-state index in [0.29, 0.717) is 18.8 Å². The second kappa shape index (κ2) is 7.38. The summed E-state index contributed by atoms with van der Waals surface area (Å²) < 4.78 is 11.5. The van der Waals surface area contributed by atoms with Crippen molar-refractivity contribution in [3.05, 3.63) is 60.2 Å². The van der Waals surface area contributed by atoms with Crippen LogP contribution in [-0.4, -0.2) is 37.4 Å². The third-order valence-electron chi connectivity index (χ3n) is 5.07. The lowest BCUT2D eigenvalue weighted by Gasteiger charge is -2.39. The van der Waals surface area contributed by atoms with E-state index in [1.54, 1.807) is 0 Å². The van der Waals surface area contributed by atoms with E-state index < -0.39 is 0 Å². The fourth-order valence-corrected chi connectivity index (χ4v) is 3.71. The van der Waals surface area contributed by atoms with Crippen LogP contribution in [-0.2, 0) is 9.47 Å². The van der Waals surface area contributed by atoms with Crippen molar-refractivity contribution in [3.63, 3.8) is 0 Å². The van der Waals surface area contributed by atoms with Crippen LogP contribution in [0.3, 0.4) is 0 Å². The van der Waals surface area contributed by atoms with Crippen LogP contribution in [0.15, 0.2) is 54.6 Å². The standard InChI is InChI=1S/C21H23NO3/c23-21(22-18-10-11-19-20(14-18)25-13-12-24-19)17-8-6-16(7-9-17)15-4-2-1-3-5-15/h1-9,18-20H,10-14H2,(H,22,23). The van der Waals surface area contributed by atoms with Crippen LogP contribution in [0, 0.1) is 0 Å². The summed E-state index contributed by atoms with van der Waals surface area (Å²) in [6.45, 7) is 1.34. The SMILES string of the molecule is O=C(NC1CCC2OCCOC2C1)c1ccc(-c2ccccc2)cc1. The minimum atomic E-state index is -0.0141. The van der Waals surface area contributed by atoms with Gasteiger partial charge in [0.25, 0.3) is 5.91 Å². The number of nitrogens with one attached hydrogen (secondary N) is 1. The smallest absolute Gasteiger partial charge is 0.251 e. The Balaban J connectivity index is 1.38. The molecule has 1 saturated carbocycles. The molecule has 130 valence electrons. The largest absolute Gasteiger partial charge is 0.373 e. The van der Waals surface area contributed by atoms with Gasteiger partial charge in [-0.2, -0.15) is 0 Å². The Morgan fingerprint density at radius 1 is 0.840 bits per heavy atom. The Morgan fingerprint density at radius 3 is 2.28 bits per heavy atom. The Morgan fingerprint density at radius 2 is 1.52 bits per heavy atom. The van der Waals surface area contributed by atoms with E-state index in [1.165, 1.54) is 0 Å². The molecular weight excluding hydrogens is 314 g/mol. The first-order valence-corrected chi connectivity index (χ1v) is 8.99. The van der Waals surface area contributed by atoms with Crippen molar-refractivity contribution in [1.29, 1.82) is 0 Å². The van der Waals surface area contributed by atoms with Crippen LogP contribution in [0.1, 0.15) is 29.6 Å². The minimum Gasteiger partial charge on any atom is -0.373 e. The number of carbonyl (C=O) groups is 1. The molecule has 0 spiro atoms. The van der Waals surface area contributed by atoms with Crippen molar-refractivity contribution in [3.8, 4) is 11.1 Å². The van der Waals surface area contributed by atoms with E-state index in [-0.39, 0.29) is 24.2 Å². The number of hydrogen-bond donors (Lipinski definition) is 1. The van der Waals surface area contributed by atoms with Crippen LogP contribution in [0.25, 0.3) is 11.1 Å². The number of benzene rings is 2. The van der Waals surface area contributed by atoms with E-state index in [1.807, 2.05) is 42.5 Å². The van der Waals surface area contributed by atoms with Crippen LogP contribution in [0.5, 0.6) is 0 Å². The quantitative estimate of drug-likeness (QED) is 0.933. The summed E-state index contributed by atoms with van der Waals surface area (Å²) in [4.78, 5) is 12.5. The summed E-state index contributed by atoms with van der Waals surface area (Å²) >= 11 is 0. The van der Waals surface area contributed by atoms with E-state index in [2.05, 4.69) is 17.4 Å². The van der Waals surface area contributed by atoms with Crippen LogP contribution < -0.4 is 5.32 Å². The molecule has 3 unspecified atom stereocenters. The molecule has 0 radical (unpaired) electrons. The summed E-state index contributed by atoms with van der Waals surface area (Å²) in [7, 11) is 0. The van der Waals surface area contributed by atoms with Crippen LogP contribution in [0.2, 0.25) is 0 Å². The van der Waals surface area contributed by atoms with Gasteiger partial charge in [0.05, 0.1) is 25.4 Å². The van der Waals surface area contributed by atoms with E-state index >= 15 is 0 Å². The summed E-state index contributed by atoms with van der Waals surface area (Å²) in [6, 6.07) is 18.1. The predicted octanol–water partition coefficient (Wildman–Crippen LogP) is 3.42. The van der Waals surface area contributed by atoms with Crippen molar-refractivity contribution in [2.75, 3.05) is 13.2 Å². The van der Waals surface area contributed by atoms with Gasteiger partial charge in [0.1, 0.15) is 0 Å². The van der Waals surface area contributed by atoms with Gasteiger partial charge in [-0.25, -0.2) is 0 Å². The van der Waals surface area contributed by atoms with Gasteiger partial charge in [0, 0.05) is 11.6 Å². The third-order valence-corrected chi connectivity index (χ3v) is 5.07. The van der Waals surface area contributed by atoms with Crippen LogP contribution >= 0.6 is 0 Å². The molecule has 1 saturated heterocycles. The molecule has 2 aromatic carbocycles. The van der Waals surface area contributed by atoms with Crippen molar-refractivity contribution in [2.45, 2.75) is 37.5 Å². The van der Waals surface area contributed by atoms with E-state index in [4.69, 9.17) is 9.47 Å². The first-order valence-electron chi connectivity index (χ1n) is 8.99. The van der Waals surface area contributed by atoms with Crippen molar-refractivity contribution >= 4 is 5.91 Å². The lowest BCUT2D eigenvalue weighted by atomic mass is 9.89. The second-order valence-corrected chi connectivity index (χ2v) is 6.75. The number of ether oxygens (including phenoxy) is 2. The van der Waals surface area contributed by atoms with Gasteiger partial charge in [0.15, 0.2) is 0 Å². The molecule has 2 aromatic rings. The lowest BCUT2D eigenvalue weighted by molar-refractivity contribution is -0.157. The minimum absolute atomic E-state index is 0.0141. The molecule has 1 N–H and O–H groups in total. The van der Waals surface area contributed by atoms with Gasteiger partial charge < -0.3 is 14.8 Å². The molecular formula is C21H23NO3. The summed E-state index contributed by atoms with van der Waals surface area (Å²) in [5.74, 6) is -0.0141. The molecule has 4 rings (SSSR count). The molecule has 2 aliphatic rings. The molecule has 4 nitrogen and oxygen atoms in total. The average molecular weight is 337 g/mol. The van der Waals surface area contributed by atoms with Crippen molar-refractivity contribution in [1.82, 2.24) is 5.32 Å². The monoisotopic (exact) mass is 337 g/mol. The molecule has 1 aliphatic heterocycles. The number of amides is 1. The summed E-state index contributed by atoms with van der Waals surface area (Å²) in [6.07, 6.45) is 3.04.